The zero-order valence-corrected chi connectivity index (χ0v) is 7.67. The second-order valence-corrected chi connectivity index (χ2v) is 2.86. The van der Waals surface area contributed by atoms with E-state index >= 15 is 0 Å². The molecule has 0 saturated heterocycles. The second-order valence-electron chi connectivity index (χ2n) is 2.86. The summed E-state index contributed by atoms with van der Waals surface area (Å²) in [5.74, 6) is -0.382. The molecule has 0 radical (unpaired) electrons. The Hall–Kier alpha value is -2.17. The predicted octanol–water partition coefficient (Wildman–Crippen LogP) is 1.18. The number of hydrogen-bond acceptors (Lipinski definition) is 5. The summed E-state index contributed by atoms with van der Waals surface area (Å²) in [6, 6.07) is 6.99. The van der Waals surface area contributed by atoms with Crippen molar-refractivity contribution in [2.45, 2.75) is 0 Å². The Kier molecular flexibility index (Phi) is 2.45. The van der Waals surface area contributed by atoms with Crippen molar-refractivity contribution in [2.24, 2.45) is 0 Å². The number of Topliss-reactive ketones (excluding diaryl/α,β-unsaturated/α-hetero) is 1. The summed E-state index contributed by atoms with van der Waals surface area (Å²) in [6.45, 7) is -0.0970. The van der Waals surface area contributed by atoms with Gasteiger partial charge in [-0.25, -0.2) is 0 Å². The summed E-state index contributed by atoms with van der Waals surface area (Å²) in [5.41, 5.74) is 0.722. The van der Waals surface area contributed by atoms with Gasteiger partial charge in [-0.2, -0.15) is 0 Å². The average molecular weight is 205 g/mol. The van der Waals surface area contributed by atoms with Gasteiger partial charge in [0, 0.05) is 0 Å². The first-order chi connectivity index (χ1) is 7.33. The number of fused-ring (bicyclic) bond motifs is 1. The van der Waals surface area contributed by atoms with Crippen LogP contribution in [0.15, 0.2) is 28.8 Å². The molecular formula is C10H7NO4. The highest BCUT2D eigenvalue weighted by Crippen LogP contribution is 2.17. The lowest BCUT2D eigenvalue weighted by Crippen LogP contribution is -2.08. The third-order valence-corrected chi connectivity index (χ3v) is 1.92. The fraction of sp³-hybridized carbons (Fsp3) is 0.100. The minimum absolute atomic E-state index is 0.187. The molecule has 1 heterocycles. The third-order valence-electron chi connectivity index (χ3n) is 1.92. The Morgan fingerprint density at radius 3 is 3.07 bits per heavy atom. The number of benzene rings is 1. The van der Waals surface area contributed by atoms with Crippen molar-refractivity contribution >= 4 is 23.2 Å². The molecule has 1 aromatic carbocycles. The number of carbonyl (C=O) groups is 2. The van der Waals surface area contributed by atoms with E-state index in [9.17, 15) is 9.59 Å². The van der Waals surface area contributed by atoms with E-state index in [2.05, 4.69) is 9.89 Å². The second kappa shape index (κ2) is 3.91. The lowest BCUT2D eigenvalue weighted by Gasteiger charge is -1.94. The van der Waals surface area contributed by atoms with Gasteiger partial charge in [0.25, 0.3) is 6.47 Å². The van der Waals surface area contributed by atoms with Gasteiger partial charge in [-0.05, 0) is 12.1 Å². The van der Waals surface area contributed by atoms with E-state index in [1.165, 1.54) is 0 Å². The molecule has 0 aliphatic heterocycles. The molecule has 1 aromatic heterocycles. The van der Waals surface area contributed by atoms with E-state index in [1.807, 2.05) is 0 Å². The lowest BCUT2D eigenvalue weighted by atomic mass is 10.2. The van der Waals surface area contributed by atoms with Crippen molar-refractivity contribution < 1.29 is 18.8 Å². The predicted molar refractivity (Wildman–Crippen MR) is 50.4 cm³/mol. The van der Waals surface area contributed by atoms with Gasteiger partial charge in [0.1, 0.15) is 0 Å². The van der Waals surface area contributed by atoms with Gasteiger partial charge in [-0.15, -0.1) is 0 Å². The molecule has 5 heteroatoms. The molecule has 76 valence electrons. The van der Waals surface area contributed by atoms with Gasteiger partial charge in [-0.3, -0.25) is 9.59 Å². The Bertz CT molecular complexity index is 503. The molecule has 5 nitrogen and oxygen atoms in total. The van der Waals surface area contributed by atoms with Crippen LogP contribution in [-0.4, -0.2) is 24.0 Å². The molecule has 0 spiro atoms. The highest BCUT2D eigenvalue weighted by molar-refractivity contribution is 6.06. The fourth-order valence-corrected chi connectivity index (χ4v) is 1.27. The zero-order valence-electron chi connectivity index (χ0n) is 7.67. The number of aromatic nitrogens is 1. The van der Waals surface area contributed by atoms with E-state index in [1.54, 1.807) is 24.3 Å². The lowest BCUT2D eigenvalue weighted by molar-refractivity contribution is -0.127. The first kappa shape index (κ1) is 9.39. The van der Waals surface area contributed by atoms with Crippen LogP contribution in [0, 0.1) is 0 Å². The van der Waals surface area contributed by atoms with Crippen LogP contribution in [0.1, 0.15) is 10.5 Å². The number of carbonyl (C=O) groups excluding carboxylic acids is 2. The summed E-state index contributed by atoms with van der Waals surface area (Å²) in [4.78, 5) is 21.4. The Morgan fingerprint density at radius 1 is 1.47 bits per heavy atom. The minimum Gasteiger partial charge on any atom is -0.459 e. The number of ketones is 1. The van der Waals surface area contributed by atoms with E-state index in [4.69, 9.17) is 4.52 Å². The maximum Gasteiger partial charge on any atom is 0.293 e. The minimum atomic E-state index is -0.382. The summed E-state index contributed by atoms with van der Waals surface area (Å²) >= 11 is 0. The van der Waals surface area contributed by atoms with E-state index < -0.39 is 0 Å². The molecule has 0 N–H and O–H groups in total. The van der Waals surface area contributed by atoms with Crippen LogP contribution in [0.3, 0.4) is 0 Å². The summed E-state index contributed by atoms with van der Waals surface area (Å²) in [7, 11) is 0. The van der Waals surface area contributed by atoms with E-state index in [0.29, 0.717) is 11.0 Å². The summed E-state index contributed by atoms with van der Waals surface area (Å²) in [5, 5.41) is 4.25. The topological polar surface area (TPSA) is 69.4 Å². The molecule has 0 aliphatic rings. The molecule has 15 heavy (non-hydrogen) atoms. The van der Waals surface area contributed by atoms with Crippen molar-refractivity contribution in [3.05, 3.63) is 30.0 Å². The van der Waals surface area contributed by atoms with Crippen LogP contribution < -0.4 is 0 Å². The standard InChI is InChI=1S/C10H7NO4/c12-6-14-5-8(13)10-7-3-1-2-4-9(7)15-11-10/h1-4,6H,5H2. The fourth-order valence-electron chi connectivity index (χ4n) is 1.27. The van der Waals surface area contributed by atoms with Gasteiger partial charge in [0.05, 0.1) is 5.39 Å². The molecule has 0 saturated carbocycles. The van der Waals surface area contributed by atoms with Crippen LogP contribution in [0.2, 0.25) is 0 Å². The first-order valence-electron chi connectivity index (χ1n) is 4.26. The highest BCUT2D eigenvalue weighted by atomic mass is 16.5. The molecule has 0 aliphatic carbocycles. The van der Waals surface area contributed by atoms with Gasteiger partial charge < -0.3 is 9.26 Å². The SMILES string of the molecule is O=COCC(=O)c1noc2ccccc12. The van der Waals surface area contributed by atoms with Gasteiger partial charge in [-0.1, -0.05) is 17.3 Å². The maximum atomic E-state index is 11.5. The van der Waals surface area contributed by atoms with Crippen LogP contribution in [-0.2, 0) is 9.53 Å². The van der Waals surface area contributed by atoms with E-state index in [-0.39, 0.29) is 24.6 Å². The van der Waals surface area contributed by atoms with Crippen LogP contribution in [0.4, 0.5) is 0 Å². The zero-order chi connectivity index (χ0) is 10.7. The summed E-state index contributed by atoms with van der Waals surface area (Å²) in [6.07, 6.45) is 0. The molecule has 0 bridgehead atoms. The van der Waals surface area contributed by atoms with Gasteiger partial charge in [0.15, 0.2) is 17.9 Å². The summed E-state index contributed by atoms with van der Waals surface area (Å²) < 4.78 is 9.29. The molecule has 2 aromatic rings. The molecule has 0 fully saturated rings. The Morgan fingerprint density at radius 2 is 2.27 bits per heavy atom. The average Bonchev–Trinajstić information content (AvgIpc) is 2.69. The van der Waals surface area contributed by atoms with Crippen molar-refractivity contribution in [2.75, 3.05) is 6.61 Å². The largest absolute Gasteiger partial charge is 0.459 e. The van der Waals surface area contributed by atoms with Gasteiger partial charge in [0.2, 0.25) is 5.78 Å². The number of rotatable bonds is 4. The molecule has 2 rings (SSSR count). The van der Waals surface area contributed by atoms with Crippen molar-refractivity contribution in [3.8, 4) is 0 Å². The number of nitrogens with zero attached hydrogens (tertiary/aromatic N) is 1. The third kappa shape index (κ3) is 1.71. The molecule has 0 unspecified atom stereocenters. The smallest absolute Gasteiger partial charge is 0.293 e. The normalized spacial score (nSPS) is 10.1. The molecule has 0 amide bonds. The van der Waals surface area contributed by atoms with Crippen molar-refractivity contribution in [1.29, 1.82) is 0 Å². The maximum absolute atomic E-state index is 11.5. The van der Waals surface area contributed by atoms with Crippen LogP contribution in [0.25, 0.3) is 11.0 Å². The number of ether oxygens (including phenoxy) is 1. The number of hydrogen-bond donors (Lipinski definition) is 0. The molecule has 0 atom stereocenters. The quantitative estimate of drug-likeness (QED) is 0.553. The van der Waals surface area contributed by atoms with Gasteiger partial charge >= 0.3 is 0 Å². The van der Waals surface area contributed by atoms with Crippen LogP contribution in [0.5, 0.6) is 0 Å². The Labute approximate surface area is 84.6 Å². The molecular weight excluding hydrogens is 198 g/mol. The monoisotopic (exact) mass is 205 g/mol. The van der Waals surface area contributed by atoms with Crippen molar-refractivity contribution in [3.63, 3.8) is 0 Å². The first-order valence-corrected chi connectivity index (χ1v) is 4.26. The van der Waals surface area contributed by atoms with E-state index in [0.717, 1.165) is 0 Å². The van der Waals surface area contributed by atoms with Crippen molar-refractivity contribution in [1.82, 2.24) is 5.16 Å². The Balaban J connectivity index is 2.35. The highest BCUT2D eigenvalue weighted by Gasteiger charge is 2.15. The number of para-hydroxylation sites is 1. The van der Waals surface area contributed by atoms with Crippen LogP contribution >= 0.6 is 0 Å².